The number of rotatable bonds is 5. The van der Waals surface area contributed by atoms with Crippen LogP contribution in [0.25, 0.3) is 0 Å². The molecule has 0 atom stereocenters. The third kappa shape index (κ3) is 4.35. The van der Waals surface area contributed by atoms with Crippen molar-refractivity contribution < 1.29 is 10.0 Å². The predicted octanol–water partition coefficient (Wildman–Crippen LogP) is 0.0392. The van der Waals surface area contributed by atoms with Gasteiger partial charge >= 0.3 is 0 Å². The fourth-order valence-electron chi connectivity index (χ4n) is 1.04. The molecule has 0 heterocycles. The molecule has 74 valence electrons. The molecule has 13 heavy (non-hydrogen) atoms. The van der Waals surface area contributed by atoms with Crippen molar-refractivity contribution in [2.75, 3.05) is 6.54 Å². The maximum absolute atomic E-state index is 11.1. The summed E-state index contributed by atoms with van der Waals surface area (Å²) in [4.78, 5) is 11.1. The zero-order valence-electron chi connectivity index (χ0n) is 7.49. The summed E-state index contributed by atoms with van der Waals surface area (Å²) in [6.07, 6.45) is 3.37. The Kier molecular flexibility index (Phi) is 3.54. The first-order chi connectivity index (χ1) is 6.22. The Morgan fingerprint density at radius 2 is 2.31 bits per heavy atom. The van der Waals surface area contributed by atoms with E-state index in [0.29, 0.717) is 25.3 Å². The smallest absolute Gasteiger partial charge is 0.220 e. The summed E-state index contributed by atoms with van der Waals surface area (Å²) >= 11 is 0. The van der Waals surface area contributed by atoms with Crippen LogP contribution in [0.3, 0.4) is 0 Å². The van der Waals surface area contributed by atoms with Crippen LogP contribution in [0, 0.1) is 5.92 Å². The van der Waals surface area contributed by atoms with Gasteiger partial charge in [0.15, 0.2) is 0 Å². The van der Waals surface area contributed by atoms with Crippen LogP contribution >= 0.6 is 0 Å². The summed E-state index contributed by atoms with van der Waals surface area (Å²) in [5.74, 6) is 0.809. The molecule has 0 saturated heterocycles. The summed E-state index contributed by atoms with van der Waals surface area (Å²) < 4.78 is 0. The highest BCUT2D eigenvalue weighted by Gasteiger charge is 2.23. The number of nitrogens with one attached hydrogen (secondary N) is 1. The summed E-state index contributed by atoms with van der Waals surface area (Å²) in [6, 6.07) is 0. The molecule has 0 unspecified atom stereocenters. The monoisotopic (exact) mass is 185 g/mol. The number of hydrogen-bond donors (Lipinski definition) is 3. The van der Waals surface area contributed by atoms with Crippen LogP contribution in [-0.4, -0.2) is 23.5 Å². The maximum Gasteiger partial charge on any atom is 0.220 e. The third-order valence-electron chi connectivity index (χ3n) is 2.00. The lowest BCUT2D eigenvalue weighted by atomic mass is 10.3. The number of amides is 1. The van der Waals surface area contributed by atoms with Gasteiger partial charge in [0, 0.05) is 19.4 Å². The highest BCUT2D eigenvalue weighted by molar-refractivity contribution is 5.81. The van der Waals surface area contributed by atoms with E-state index in [1.165, 1.54) is 12.8 Å². The van der Waals surface area contributed by atoms with Crippen molar-refractivity contribution >= 4 is 11.7 Å². The normalized spacial score (nSPS) is 17.1. The Labute approximate surface area is 77.0 Å². The molecule has 0 aromatic rings. The van der Waals surface area contributed by atoms with Crippen molar-refractivity contribution in [3.63, 3.8) is 0 Å². The number of nitrogens with zero attached hydrogens (tertiary/aromatic N) is 1. The van der Waals surface area contributed by atoms with Gasteiger partial charge in [0.05, 0.1) is 0 Å². The molecule has 1 amide bonds. The molecule has 4 N–H and O–H groups in total. The first kappa shape index (κ1) is 9.83. The molecule has 0 spiro atoms. The molecule has 1 rings (SSSR count). The topological polar surface area (TPSA) is 87.7 Å². The Hall–Kier alpha value is -1.26. The lowest BCUT2D eigenvalue weighted by molar-refractivity contribution is -0.121. The molecular weight excluding hydrogens is 170 g/mol. The van der Waals surface area contributed by atoms with Crippen LogP contribution in [0.1, 0.15) is 25.7 Å². The largest absolute Gasteiger partial charge is 0.409 e. The summed E-state index contributed by atoms with van der Waals surface area (Å²) in [5.41, 5.74) is 5.22. The Balaban J connectivity index is 2.00. The highest BCUT2D eigenvalue weighted by atomic mass is 16.4. The molecule has 1 fully saturated rings. The zero-order chi connectivity index (χ0) is 9.68. The molecule has 1 aliphatic rings. The Morgan fingerprint density at radius 3 is 2.85 bits per heavy atom. The average Bonchev–Trinajstić information content (AvgIpc) is 2.88. The molecule has 0 radical (unpaired) electrons. The van der Waals surface area contributed by atoms with Crippen molar-refractivity contribution in [1.29, 1.82) is 0 Å². The minimum atomic E-state index is 0.0632. The fraction of sp³-hybridized carbons (Fsp3) is 0.750. The highest BCUT2D eigenvalue weighted by Crippen LogP contribution is 2.31. The van der Waals surface area contributed by atoms with Gasteiger partial charge in [0.25, 0.3) is 0 Å². The van der Waals surface area contributed by atoms with Crippen LogP contribution in [0.5, 0.6) is 0 Å². The lowest BCUT2D eigenvalue weighted by Gasteiger charge is -2.02. The number of hydrogen-bond acceptors (Lipinski definition) is 3. The van der Waals surface area contributed by atoms with E-state index in [9.17, 15) is 4.79 Å². The van der Waals surface area contributed by atoms with Crippen LogP contribution in [0.15, 0.2) is 5.16 Å². The van der Waals surface area contributed by atoms with Gasteiger partial charge < -0.3 is 16.3 Å². The molecule has 0 aliphatic heterocycles. The molecule has 5 heteroatoms. The van der Waals surface area contributed by atoms with Crippen molar-refractivity contribution in [2.24, 2.45) is 16.8 Å². The second kappa shape index (κ2) is 4.69. The second-order valence-electron chi connectivity index (χ2n) is 3.34. The SMILES string of the molecule is NC(CCNC(=O)CC1CC1)=NO. The molecule has 1 aliphatic carbocycles. The maximum atomic E-state index is 11.1. The van der Waals surface area contributed by atoms with E-state index in [2.05, 4.69) is 10.5 Å². The average molecular weight is 185 g/mol. The van der Waals surface area contributed by atoms with Gasteiger partial charge in [-0.2, -0.15) is 0 Å². The van der Waals surface area contributed by atoms with Crippen LogP contribution in [-0.2, 0) is 4.79 Å². The first-order valence-electron chi connectivity index (χ1n) is 4.45. The van der Waals surface area contributed by atoms with Gasteiger partial charge in [0.2, 0.25) is 5.91 Å². The van der Waals surface area contributed by atoms with Gasteiger partial charge in [-0.15, -0.1) is 0 Å². The van der Waals surface area contributed by atoms with Gasteiger partial charge in [-0.3, -0.25) is 4.79 Å². The van der Waals surface area contributed by atoms with E-state index in [1.54, 1.807) is 0 Å². The number of amidine groups is 1. The van der Waals surface area contributed by atoms with Crippen LogP contribution in [0.2, 0.25) is 0 Å². The number of oxime groups is 1. The Morgan fingerprint density at radius 1 is 1.62 bits per heavy atom. The van der Waals surface area contributed by atoms with Crippen molar-refractivity contribution in [3.05, 3.63) is 0 Å². The van der Waals surface area contributed by atoms with Crippen LogP contribution in [0.4, 0.5) is 0 Å². The summed E-state index contributed by atoms with van der Waals surface area (Å²) in [7, 11) is 0. The van der Waals surface area contributed by atoms with Gasteiger partial charge in [-0.25, -0.2) is 0 Å². The standard InChI is InChI=1S/C8H15N3O2/c9-7(11-13)3-4-10-8(12)5-6-1-2-6/h6,13H,1-5H2,(H2,9,11)(H,10,12). The number of nitrogens with two attached hydrogens (primary N) is 1. The summed E-state index contributed by atoms with van der Waals surface area (Å²) in [5, 5.41) is 13.7. The van der Waals surface area contributed by atoms with E-state index in [4.69, 9.17) is 10.9 Å². The quantitative estimate of drug-likeness (QED) is 0.244. The van der Waals surface area contributed by atoms with E-state index in [1.807, 2.05) is 0 Å². The molecular formula is C8H15N3O2. The Bertz CT molecular complexity index is 211. The fourth-order valence-corrected chi connectivity index (χ4v) is 1.04. The molecule has 5 nitrogen and oxygen atoms in total. The van der Waals surface area contributed by atoms with Gasteiger partial charge in [0.1, 0.15) is 5.84 Å². The first-order valence-corrected chi connectivity index (χ1v) is 4.45. The van der Waals surface area contributed by atoms with Crippen LogP contribution < -0.4 is 11.1 Å². The van der Waals surface area contributed by atoms with E-state index in [0.717, 1.165) is 0 Å². The van der Waals surface area contributed by atoms with Crippen molar-refractivity contribution in [3.8, 4) is 0 Å². The van der Waals surface area contributed by atoms with Crippen molar-refractivity contribution in [2.45, 2.75) is 25.7 Å². The molecule has 1 saturated carbocycles. The minimum Gasteiger partial charge on any atom is -0.409 e. The lowest BCUT2D eigenvalue weighted by Crippen LogP contribution is -2.28. The molecule has 0 aromatic heterocycles. The van der Waals surface area contributed by atoms with E-state index < -0.39 is 0 Å². The predicted molar refractivity (Wildman–Crippen MR) is 48.4 cm³/mol. The van der Waals surface area contributed by atoms with E-state index >= 15 is 0 Å². The second-order valence-corrected chi connectivity index (χ2v) is 3.34. The number of carbonyl (C=O) groups excluding carboxylic acids is 1. The van der Waals surface area contributed by atoms with Gasteiger partial charge in [-0.1, -0.05) is 5.16 Å². The molecule has 0 bridgehead atoms. The third-order valence-corrected chi connectivity index (χ3v) is 2.00. The summed E-state index contributed by atoms with van der Waals surface area (Å²) in [6.45, 7) is 0.446. The molecule has 0 aromatic carbocycles. The zero-order valence-corrected chi connectivity index (χ0v) is 7.49. The van der Waals surface area contributed by atoms with Crippen molar-refractivity contribution in [1.82, 2.24) is 5.32 Å². The number of carbonyl (C=O) groups is 1. The van der Waals surface area contributed by atoms with E-state index in [-0.39, 0.29) is 11.7 Å². The van der Waals surface area contributed by atoms with Gasteiger partial charge in [-0.05, 0) is 18.8 Å². The minimum absolute atomic E-state index is 0.0632.